The van der Waals surface area contributed by atoms with Gasteiger partial charge >= 0.3 is 0 Å². The second-order valence-electron chi connectivity index (χ2n) is 5.23. The first kappa shape index (κ1) is 16.7. The van der Waals surface area contributed by atoms with Crippen LogP contribution in [0.4, 0.5) is 5.69 Å². The van der Waals surface area contributed by atoms with Crippen LogP contribution in [0.25, 0.3) is 17.1 Å². The summed E-state index contributed by atoms with van der Waals surface area (Å²) in [7, 11) is 0. The summed E-state index contributed by atoms with van der Waals surface area (Å²) in [6, 6.07) is 16.1. The summed E-state index contributed by atoms with van der Waals surface area (Å²) >= 11 is 1.29. The average Bonchev–Trinajstić information content (AvgIpc) is 3.04. The molecule has 0 fully saturated rings. The topological polar surface area (TPSA) is 97.6 Å². The van der Waals surface area contributed by atoms with Gasteiger partial charge in [-0.2, -0.15) is 5.26 Å². The lowest BCUT2D eigenvalue weighted by Gasteiger charge is -2.10. The van der Waals surface area contributed by atoms with Gasteiger partial charge in [0.05, 0.1) is 16.7 Å². The monoisotopic (exact) mass is 351 g/mol. The number of hydrogen-bond donors (Lipinski definition) is 0. The highest BCUT2D eigenvalue weighted by molar-refractivity contribution is 7.99. The van der Waals surface area contributed by atoms with Crippen LogP contribution in [0.15, 0.2) is 53.7 Å². The fraction of sp³-hybridized carbons (Fsp3) is 0.118. The lowest BCUT2D eigenvalue weighted by molar-refractivity contribution is -0.384. The van der Waals surface area contributed by atoms with E-state index < -0.39 is 4.92 Å². The highest BCUT2D eigenvalue weighted by Crippen LogP contribution is 2.29. The van der Waals surface area contributed by atoms with Crippen molar-refractivity contribution < 1.29 is 4.92 Å². The van der Waals surface area contributed by atoms with E-state index in [1.165, 1.54) is 23.9 Å². The number of nitrogens with zero attached hydrogens (tertiary/aromatic N) is 5. The summed E-state index contributed by atoms with van der Waals surface area (Å²) in [6.07, 6.45) is 0. The van der Waals surface area contributed by atoms with Crippen molar-refractivity contribution in [1.29, 1.82) is 5.26 Å². The number of hydrogen-bond acceptors (Lipinski definition) is 6. The van der Waals surface area contributed by atoms with Gasteiger partial charge in [-0.1, -0.05) is 29.5 Å². The molecule has 25 heavy (non-hydrogen) atoms. The van der Waals surface area contributed by atoms with Gasteiger partial charge in [0.25, 0.3) is 5.69 Å². The van der Waals surface area contributed by atoms with Crippen LogP contribution >= 0.6 is 11.8 Å². The minimum absolute atomic E-state index is 0.0178. The lowest BCUT2D eigenvalue weighted by atomic mass is 10.2. The highest BCUT2D eigenvalue weighted by Gasteiger charge is 2.17. The lowest BCUT2D eigenvalue weighted by Crippen LogP contribution is -2.00. The normalized spacial score (nSPS) is 10.4. The molecule has 0 radical (unpaired) electrons. The molecule has 1 aromatic heterocycles. The molecule has 0 saturated carbocycles. The number of non-ortho nitro benzene ring substituents is 1. The Balaban J connectivity index is 2.10. The van der Waals surface area contributed by atoms with E-state index in [0.717, 1.165) is 11.3 Å². The van der Waals surface area contributed by atoms with E-state index in [2.05, 4.69) is 16.3 Å². The molecule has 0 aliphatic rings. The molecule has 0 unspecified atom stereocenters. The predicted octanol–water partition coefficient (Wildman–Crippen LogP) is 3.77. The molecule has 0 aliphatic carbocycles. The molecule has 3 aromatic rings. The van der Waals surface area contributed by atoms with Crippen LogP contribution in [-0.2, 0) is 0 Å². The minimum atomic E-state index is -0.442. The molecule has 7 nitrogen and oxygen atoms in total. The average molecular weight is 351 g/mol. The Morgan fingerprint density at radius 2 is 1.84 bits per heavy atom. The molecule has 1 heterocycles. The number of aromatic nitrogens is 3. The predicted molar refractivity (Wildman–Crippen MR) is 94.5 cm³/mol. The zero-order chi connectivity index (χ0) is 17.8. The van der Waals surface area contributed by atoms with Gasteiger partial charge in [-0.3, -0.25) is 14.7 Å². The zero-order valence-electron chi connectivity index (χ0n) is 13.3. The van der Waals surface area contributed by atoms with E-state index >= 15 is 0 Å². The first-order chi connectivity index (χ1) is 12.1. The van der Waals surface area contributed by atoms with Crippen molar-refractivity contribution in [3.05, 3.63) is 64.2 Å². The molecule has 0 bridgehead atoms. The van der Waals surface area contributed by atoms with E-state index in [9.17, 15) is 10.1 Å². The van der Waals surface area contributed by atoms with Crippen LogP contribution in [0.3, 0.4) is 0 Å². The summed E-state index contributed by atoms with van der Waals surface area (Å²) in [4.78, 5) is 10.4. The summed E-state index contributed by atoms with van der Waals surface area (Å²) in [5, 5.41) is 28.7. The van der Waals surface area contributed by atoms with E-state index in [-0.39, 0.29) is 11.4 Å². The van der Waals surface area contributed by atoms with E-state index in [1.807, 2.05) is 35.8 Å². The van der Waals surface area contributed by atoms with Crippen molar-refractivity contribution >= 4 is 17.4 Å². The van der Waals surface area contributed by atoms with Crippen molar-refractivity contribution in [2.24, 2.45) is 0 Å². The Morgan fingerprint density at radius 1 is 1.16 bits per heavy atom. The highest BCUT2D eigenvalue weighted by atomic mass is 32.2. The Morgan fingerprint density at radius 3 is 2.44 bits per heavy atom. The molecular formula is C17H13N5O2S. The first-order valence-electron chi connectivity index (χ1n) is 7.37. The third-order valence-corrected chi connectivity index (χ3v) is 4.32. The summed E-state index contributed by atoms with van der Waals surface area (Å²) in [6.45, 7) is 2.00. The molecule has 0 spiro atoms. The van der Waals surface area contributed by atoms with Gasteiger partial charge in [0.15, 0.2) is 11.0 Å². The van der Waals surface area contributed by atoms with Crippen molar-refractivity contribution in [2.75, 3.05) is 5.75 Å². The summed E-state index contributed by atoms with van der Waals surface area (Å²) < 4.78 is 1.85. The van der Waals surface area contributed by atoms with E-state index in [0.29, 0.717) is 16.5 Å². The van der Waals surface area contributed by atoms with Crippen LogP contribution in [0.5, 0.6) is 0 Å². The third kappa shape index (κ3) is 3.51. The van der Waals surface area contributed by atoms with Crippen molar-refractivity contribution in [3.8, 4) is 23.1 Å². The summed E-state index contributed by atoms with van der Waals surface area (Å²) in [5.74, 6) is 0.823. The second kappa shape index (κ2) is 7.15. The van der Waals surface area contributed by atoms with Crippen molar-refractivity contribution in [2.45, 2.75) is 12.1 Å². The van der Waals surface area contributed by atoms with Gasteiger partial charge in [-0.05, 0) is 31.2 Å². The zero-order valence-corrected chi connectivity index (χ0v) is 14.1. The molecule has 124 valence electrons. The quantitative estimate of drug-likeness (QED) is 0.394. The number of nitriles is 1. The molecule has 8 heteroatoms. The molecule has 3 rings (SSSR count). The summed E-state index contributed by atoms with van der Waals surface area (Å²) in [5.41, 5.74) is 2.72. The SMILES string of the molecule is Cc1ccc(-n2c(SCC#N)nnc2-c2ccc([N+](=O)[O-])cc2)cc1. The Kier molecular flexibility index (Phi) is 4.77. The van der Waals surface area contributed by atoms with E-state index in [4.69, 9.17) is 5.26 Å². The van der Waals surface area contributed by atoms with Crippen molar-refractivity contribution in [3.63, 3.8) is 0 Å². The maximum Gasteiger partial charge on any atom is 0.269 e. The van der Waals surface area contributed by atoms with Crippen LogP contribution < -0.4 is 0 Å². The molecule has 0 amide bonds. The maximum absolute atomic E-state index is 10.8. The Labute approximate surface area is 148 Å². The Hall–Kier alpha value is -3.18. The number of benzene rings is 2. The van der Waals surface area contributed by atoms with Gasteiger partial charge < -0.3 is 0 Å². The Bertz CT molecular complexity index is 943. The molecule has 2 aromatic carbocycles. The number of rotatable bonds is 5. The van der Waals surface area contributed by atoms with Crippen LogP contribution in [-0.4, -0.2) is 25.4 Å². The van der Waals surface area contributed by atoms with Gasteiger partial charge in [-0.15, -0.1) is 10.2 Å². The molecule has 0 aliphatic heterocycles. The molecule has 0 atom stereocenters. The number of nitro benzene ring substituents is 1. The maximum atomic E-state index is 10.8. The van der Waals surface area contributed by atoms with Gasteiger partial charge in [0.2, 0.25) is 0 Å². The molecule has 0 N–H and O–H groups in total. The van der Waals surface area contributed by atoms with Gasteiger partial charge in [0, 0.05) is 23.4 Å². The standard InChI is InChI=1S/C17H13N5O2S/c1-12-2-6-14(7-3-12)21-16(19-20-17(21)25-11-10-18)13-4-8-15(9-5-13)22(23)24/h2-9H,11H2,1H3. The van der Waals surface area contributed by atoms with Crippen molar-refractivity contribution in [1.82, 2.24) is 14.8 Å². The third-order valence-electron chi connectivity index (χ3n) is 3.53. The first-order valence-corrected chi connectivity index (χ1v) is 8.36. The molecular weight excluding hydrogens is 338 g/mol. The van der Waals surface area contributed by atoms with Gasteiger partial charge in [-0.25, -0.2) is 0 Å². The number of nitro groups is 1. The fourth-order valence-corrected chi connectivity index (χ4v) is 2.92. The smallest absolute Gasteiger partial charge is 0.269 e. The molecule has 0 saturated heterocycles. The van der Waals surface area contributed by atoms with E-state index in [1.54, 1.807) is 12.1 Å². The van der Waals surface area contributed by atoms with Crippen LogP contribution in [0.1, 0.15) is 5.56 Å². The van der Waals surface area contributed by atoms with Crippen LogP contribution in [0.2, 0.25) is 0 Å². The largest absolute Gasteiger partial charge is 0.270 e. The second-order valence-corrected chi connectivity index (χ2v) is 6.17. The van der Waals surface area contributed by atoms with Crippen LogP contribution in [0, 0.1) is 28.4 Å². The number of aryl methyl sites for hydroxylation is 1. The fourth-order valence-electron chi connectivity index (χ4n) is 2.31. The van der Waals surface area contributed by atoms with Gasteiger partial charge in [0.1, 0.15) is 0 Å². The minimum Gasteiger partial charge on any atom is -0.270 e. The number of thioether (sulfide) groups is 1.